The quantitative estimate of drug-likeness (QED) is 0.905. The molecule has 5 heteroatoms. The Morgan fingerprint density at radius 1 is 1.45 bits per heavy atom. The van der Waals surface area contributed by atoms with Gasteiger partial charge in [-0.3, -0.25) is 14.6 Å². The molecule has 4 nitrogen and oxygen atoms in total. The van der Waals surface area contributed by atoms with E-state index in [0.717, 1.165) is 58.4 Å². The zero-order chi connectivity index (χ0) is 15.6. The van der Waals surface area contributed by atoms with Gasteiger partial charge in [-0.1, -0.05) is 13.0 Å². The average Bonchev–Trinajstić information content (AvgIpc) is 3.11. The molecular weight excluding hydrogens is 296 g/mol. The van der Waals surface area contributed by atoms with E-state index < -0.39 is 5.97 Å². The molecule has 1 atom stereocenters. The monoisotopic (exact) mass is 322 g/mol. The summed E-state index contributed by atoms with van der Waals surface area (Å²) in [5.41, 5.74) is 0.240. The van der Waals surface area contributed by atoms with E-state index in [-0.39, 0.29) is 11.5 Å². The molecule has 0 amide bonds. The topological polar surface area (TPSA) is 43.8 Å². The van der Waals surface area contributed by atoms with Crippen LogP contribution in [0, 0.1) is 5.41 Å². The second-order valence-corrected chi connectivity index (χ2v) is 7.92. The van der Waals surface area contributed by atoms with Gasteiger partial charge in [-0.15, -0.1) is 11.3 Å². The van der Waals surface area contributed by atoms with Gasteiger partial charge < -0.3 is 5.11 Å². The number of hydrogen-bond acceptors (Lipinski definition) is 4. The van der Waals surface area contributed by atoms with Crippen LogP contribution in [-0.2, 0) is 11.3 Å². The van der Waals surface area contributed by atoms with Gasteiger partial charge in [-0.25, -0.2) is 0 Å². The number of aliphatic carboxylic acids is 1. The van der Waals surface area contributed by atoms with E-state index in [1.54, 1.807) is 0 Å². The number of piperidine rings is 1. The van der Waals surface area contributed by atoms with Gasteiger partial charge in [0.2, 0.25) is 0 Å². The molecule has 2 fully saturated rings. The van der Waals surface area contributed by atoms with E-state index in [0.29, 0.717) is 0 Å². The minimum atomic E-state index is -0.633. The summed E-state index contributed by atoms with van der Waals surface area (Å²) >= 11 is 1.82. The Kier molecular flexibility index (Phi) is 4.85. The van der Waals surface area contributed by atoms with Gasteiger partial charge in [0.15, 0.2) is 0 Å². The van der Waals surface area contributed by atoms with Crippen molar-refractivity contribution in [2.24, 2.45) is 5.41 Å². The molecule has 0 saturated carbocycles. The van der Waals surface area contributed by atoms with Gasteiger partial charge in [0, 0.05) is 18.0 Å². The summed E-state index contributed by atoms with van der Waals surface area (Å²) < 4.78 is 0. The van der Waals surface area contributed by atoms with Gasteiger partial charge in [0.25, 0.3) is 0 Å². The first kappa shape index (κ1) is 16.0. The third-order valence-electron chi connectivity index (χ3n) is 5.28. The van der Waals surface area contributed by atoms with Gasteiger partial charge in [-0.05, 0) is 62.2 Å². The Balaban J connectivity index is 1.58. The van der Waals surface area contributed by atoms with Crippen molar-refractivity contribution in [1.29, 1.82) is 0 Å². The SMILES string of the molecule is CCCN1CC2(CCN(Cc3cccs3)CC2)CC1C(=O)O. The molecule has 3 rings (SSSR count). The van der Waals surface area contributed by atoms with Crippen molar-refractivity contribution >= 4 is 17.3 Å². The van der Waals surface area contributed by atoms with Crippen molar-refractivity contribution in [3.63, 3.8) is 0 Å². The lowest BCUT2D eigenvalue weighted by molar-refractivity contribution is -0.142. The first-order chi connectivity index (χ1) is 10.6. The van der Waals surface area contributed by atoms with Crippen LogP contribution in [0.15, 0.2) is 17.5 Å². The van der Waals surface area contributed by atoms with Crippen LogP contribution in [0.5, 0.6) is 0 Å². The minimum Gasteiger partial charge on any atom is -0.480 e. The van der Waals surface area contributed by atoms with Crippen LogP contribution in [0.4, 0.5) is 0 Å². The third-order valence-corrected chi connectivity index (χ3v) is 6.14. The lowest BCUT2D eigenvalue weighted by atomic mass is 9.76. The average molecular weight is 322 g/mol. The highest BCUT2D eigenvalue weighted by Crippen LogP contribution is 2.43. The van der Waals surface area contributed by atoms with E-state index in [4.69, 9.17) is 0 Å². The molecule has 122 valence electrons. The number of rotatable bonds is 5. The second kappa shape index (κ2) is 6.69. The summed E-state index contributed by atoms with van der Waals surface area (Å²) in [4.78, 5) is 17.7. The molecule has 2 aliphatic rings. The van der Waals surface area contributed by atoms with Crippen molar-refractivity contribution in [3.05, 3.63) is 22.4 Å². The maximum atomic E-state index is 11.5. The van der Waals surface area contributed by atoms with E-state index >= 15 is 0 Å². The van der Waals surface area contributed by atoms with E-state index in [9.17, 15) is 9.90 Å². The smallest absolute Gasteiger partial charge is 0.320 e. The molecule has 0 aliphatic carbocycles. The molecule has 3 heterocycles. The Labute approximate surface area is 136 Å². The normalized spacial score (nSPS) is 25.8. The van der Waals surface area contributed by atoms with Crippen molar-refractivity contribution in [1.82, 2.24) is 9.80 Å². The van der Waals surface area contributed by atoms with Crippen LogP contribution >= 0.6 is 11.3 Å². The van der Waals surface area contributed by atoms with E-state index in [1.165, 1.54) is 4.88 Å². The van der Waals surface area contributed by atoms with Crippen molar-refractivity contribution in [2.75, 3.05) is 26.2 Å². The summed E-state index contributed by atoms with van der Waals surface area (Å²) in [5, 5.41) is 11.6. The summed E-state index contributed by atoms with van der Waals surface area (Å²) in [7, 11) is 0. The highest BCUT2D eigenvalue weighted by Gasteiger charge is 2.47. The van der Waals surface area contributed by atoms with Crippen LogP contribution in [0.2, 0.25) is 0 Å². The first-order valence-electron chi connectivity index (χ1n) is 8.33. The number of carbonyl (C=O) groups is 1. The van der Waals surface area contributed by atoms with Crippen molar-refractivity contribution < 1.29 is 9.90 Å². The summed E-state index contributed by atoms with van der Waals surface area (Å²) in [6.07, 6.45) is 4.16. The molecule has 2 saturated heterocycles. The Morgan fingerprint density at radius 2 is 2.23 bits per heavy atom. The molecule has 1 aromatic heterocycles. The number of carboxylic acids is 1. The van der Waals surface area contributed by atoms with Gasteiger partial charge in [0.1, 0.15) is 6.04 Å². The lowest BCUT2D eigenvalue weighted by Gasteiger charge is -2.39. The number of likely N-dealkylation sites (tertiary alicyclic amines) is 2. The van der Waals surface area contributed by atoms with Gasteiger partial charge in [-0.2, -0.15) is 0 Å². The van der Waals surface area contributed by atoms with Gasteiger partial charge in [0.05, 0.1) is 0 Å². The summed E-state index contributed by atoms with van der Waals surface area (Å²) in [5.74, 6) is -0.633. The fourth-order valence-electron chi connectivity index (χ4n) is 4.08. The predicted molar refractivity (Wildman–Crippen MR) is 89.2 cm³/mol. The van der Waals surface area contributed by atoms with E-state index in [2.05, 4.69) is 34.2 Å². The Bertz CT molecular complexity index is 495. The fourth-order valence-corrected chi connectivity index (χ4v) is 4.83. The Morgan fingerprint density at radius 3 is 2.82 bits per heavy atom. The molecule has 2 aliphatic heterocycles. The lowest BCUT2D eigenvalue weighted by Crippen LogP contribution is -2.41. The molecule has 1 N–H and O–H groups in total. The standard InChI is InChI=1S/C17H26N2O2S/c1-2-7-19-13-17(11-15(19)16(20)21)5-8-18(9-6-17)12-14-4-3-10-22-14/h3-4,10,15H,2,5-9,11-13H2,1H3,(H,20,21). The molecule has 0 bridgehead atoms. The van der Waals surface area contributed by atoms with E-state index in [1.807, 2.05) is 11.3 Å². The molecular formula is C17H26N2O2S. The van der Waals surface area contributed by atoms with Crippen LogP contribution in [0.25, 0.3) is 0 Å². The first-order valence-corrected chi connectivity index (χ1v) is 9.21. The van der Waals surface area contributed by atoms with Crippen molar-refractivity contribution in [2.45, 2.75) is 45.2 Å². The molecule has 1 spiro atoms. The Hall–Kier alpha value is -0.910. The maximum absolute atomic E-state index is 11.5. The highest BCUT2D eigenvalue weighted by molar-refractivity contribution is 7.09. The predicted octanol–water partition coefficient (Wildman–Crippen LogP) is 2.90. The number of hydrogen-bond donors (Lipinski definition) is 1. The van der Waals surface area contributed by atoms with Crippen LogP contribution in [0.3, 0.4) is 0 Å². The second-order valence-electron chi connectivity index (χ2n) is 6.88. The third kappa shape index (κ3) is 3.36. The zero-order valence-electron chi connectivity index (χ0n) is 13.3. The summed E-state index contributed by atoms with van der Waals surface area (Å²) in [6, 6.07) is 4.06. The molecule has 0 aromatic carbocycles. The van der Waals surface area contributed by atoms with Crippen LogP contribution in [-0.4, -0.2) is 53.1 Å². The number of thiophene rings is 1. The summed E-state index contributed by atoms with van der Waals surface area (Å²) in [6.45, 7) is 7.28. The number of nitrogens with zero attached hydrogens (tertiary/aromatic N) is 2. The minimum absolute atomic E-state index is 0.240. The zero-order valence-corrected chi connectivity index (χ0v) is 14.1. The maximum Gasteiger partial charge on any atom is 0.320 e. The van der Waals surface area contributed by atoms with Crippen LogP contribution < -0.4 is 0 Å². The molecule has 22 heavy (non-hydrogen) atoms. The molecule has 1 aromatic rings. The largest absolute Gasteiger partial charge is 0.480 e. The number of carboxylic acid groups (broad SMARTS) is 1. The fraction of sp³-hybridized carbons (Fsp3) is 0.706. The van der Waals surface area contributed by atoms with Crippen LogP contribution in [0.1, 0.15) is 37.5 Å². The van der Waals surface area contributed by atoms with Gasteiger partial charge >= 0.3 is 5.97 Å². The molecule has 1 unspecified atom stereocenters. The highest BCUT2D eigenvalue weighted by atomic mass is 32.1. The van der Waals surface area contributed by atoms with Crippen molar-refractivity contribution in [3.8, 4) is 0 Å². The molecule has 0 radical (unpaired) electrons.